The number of rotatable bonds is 3. The highest BCUT2D eigenvalue weighted by atomic mass is 32.1. The van der Waals surface area contributed by atoms with E-state index in [-0.39, 0.29) is 12.6 Å². The van der Waals surface area contributed by atoms with Gasteiger partial charge in [0, 0.05) is 11.9 Å². The average molecular weight is 226 g/mol. The number of aryl methyl sites for hydroxylation is 1. The van der Waals surface area contributed by atoms with E-state index in [4.69, 9.17) is 0 Å². The van der Waals surface area contributed by atoms with Crippen LogP contribution in [-0.2, 0) is 6.42 Å². The molecule has 1 saturated heterocycles. The summed E-state index contributed by atoms with van der Waals surface area (Å²) in [7, 11) is 0. The van der Waals surface area contributed by atoms with Gasteiger partial charge in [0.25, 0.3) is 0 Å². The quantitative estimate of drug-likeness (QED) is 0.857. The third-order valence-electron chi connectivity index (χ3n) is 2.99. The highest BCUT2D eigenvalue weighted by Gasteiger charge is 2.23. The van der Waals surface area contributed by atoms with Gasteiger partial charge in [0.15, 0.2) is 5.13 Å². The number of piperidine rings is 1. The maximum Gasteiger partial charge on any atom is 0.185 e. The minimum atomic E-state index is 0.251. The second kappa shape index (κ2) is 4.94. The summed E-state index contributed by atoms with van der Waals surface area (Å²) < 4.78 is 0. The van der Waals surface area contributed by atoms with Crippen LogP contribution in [0.3, 0.4) is 0 Å². The van der Waals surface area contributed by atoms with Crippen LogP contribution >= 0.6 is 11.3 Å². The number of aromatic nitrogens is 1. The van der Waals surface area contributed by atoms with Crippen LogP contribution < -0.4 is 4.90 Å². The first-order chi connectivity index (χ1) is 7.35. The summed E-state index contributed by atoms with van der Waals surface area (Å²) in [6.07, 6.45) is 4.54. The minimum absolute atomic E-state index is 0.251. The van der Waals surface area contributed by atoms with Crippen molar-refractivity contribution in [1.29, 1.82) is 0 Å². The first-order valence-electron chi connectivity index (χ1n) is 5.67. The van der Waals surface area contributed by atoms with Gasteiger partial charge in [-0.15, -0.1) is 11.3 Å². The molecule has 1 atom stereocenters. The lowest BCUT2D eigenvalue weighted by molar-refractivity contribution is 0.240. The van der Waals surface area contributed by atoms with Crippen LogP contribution in [0.5, 0.6) is 0 Å². The Morgan fingerprint density at radius 3 is 3.13 bits per heavy atom. The Balaban J connectivity index is 2.12. The van der Waals surface area contributed by atoms with Crippen molar-refractivity contribution < 1.29 is 5.11 Å². The van der Waals surface area contributed by atoms with Gasteiger partial charge in [0.05, 0.1) is 18.3 Å². The fourth-order valence-corrected chi connectivity index (χ4v) is 3.04. The topological polar surface area (TPSA) is 36.4 Å². The van der Waals surface area contributed by atoms with E-state index < -0.39 is 0 Å². The molecular formula is C11H18N2OS. The molecule has 3 nitrogen and oxygen atoms in total. The summed E-state index contributed by atoms with van der Waals surface area (Å²) in [5.41, 5.74) is 1.16. The van der Waals surface area contributed by atoms with Gasteiger partial charge in [-0.1, -0.05) is 6.92 Å². The first-order valence-corrected chi connectivity index (χ1v) is 6.55. The highest BCUT2D eigenvalue weighted by molar-refractivity contribution is 7.13. The van der Waals surface area contributed by atoms with E-state index in [0.29, 0.717) is 0 Å². The normalized spacial score (nSPS) is 22.0. The lowest BCUT2D eigenvalue weighted by Crippen LogP contribution is -2.41. The largest absolute Gasteiger partial charge is 0.394 e. The SMILES string of the molecule is CCc1csc(N2CCCCC2CO)n1. The maximum atomic E-state index is 9.32. The molecule has 0 bridgehead atoms. The lowest BCUT2D eigenvalue weighted by atomic mass is 10.0. The zero-order valence-electron chi connectivity index (χ0n) is 9.15. The molecule has 4 heteroatoms. The summed E-state index contributed by atoms with van der Waals surface area (Å²) >= 11 is 1.70. The van der Waals surface area contributed by atoms with Gasteiger partial charge in [-0.05, 0) is 25.7 Å². The highest BCUT2D eigenvalue weighted by Crippen LogP contribution is 2.27. The number of aliphatic hydroxyl groups excluding tert-OH is 1. The van der Waals surface area contributed by atoms with E-state index in [0.717, 1.165) is 30.2 Å². The number of nitrogens with zero attached hydrogens (tertiary/aromatic N) is 2. The van der Waals surface area contributed by atoms with Crippen LogP contribution in [0, 0.1) is 0 Å². The van der Waals surface area contributed by atoms with Crippen molar-refractivity contribution in [3.63, 3.8) is 0 Å². The van der Waals surface area contributed by atoms with Crippen LogP contribution in [0.1, 0.15) is 31.9 Å². The molecule has 15 heavy (non-hydrogen) atoms. The molecular weight excluding hydrogens is 208 g/mol. The molecule has 84 valence electrons. The second-order valence-corrected chi connectivity index (χ2v) is 4.84. The monoisotopic (exact) mass is 226 g/mol. The minimum Gasteiger partial charge on any atom is -0.394 e. The van der Waals surface area contributed by atoms with E-state index >= 15 is 0 Å². The predicted octanol–water partition coefficient (Wildman–Crippen LogP) is 2.06. The maximum absolute atomic E-state index is 9.32. The molecule has 1 fully saturated rings. The lowest BCUT2D eigenvalue weighted by Gasteiger charge is -2.34. The van der Waals surface area contributed by atoms with E-state index in [1.807, 2.05) is 0 Å². The predicted molar refractivity (Wildman–Crippen MR) is 63.6 cm³/mol. The number of thiazole rings is 1. The van der Waals surface area contributed by atoms with Gasteiger partial charge >= 0.3 is 0 Å². The molecule has 0 aromatic carbocycles. The standard InChI is InChI=1S/C11H18N2OS/c1-2-9-8-15-11(12-9)13-6-4-3-5-10(13)7-14/h8,10,14H,2-7H2,1H3. The molecule has 1 aromatic heterocycles. The Hall–Kier alpha value is -0.610. The van der Waals surface area contributed by atoms with Crippen molar-refractivity contribution >= 4 is 16.5 Å². The molecule has 1 unspecified atom stereocenters. The summed E-state index contributed by atoms with van der Waals surface area (Å²) in [5, 5.41) is 12.5. The van der Waals surface area contributed by atoms with Crippen LogP contribution in [0.4, 0.5) is 5.13 Å². The Kier molecular flexibility index (Phi) is 3.59. The molecule has 0 spiro atoms. The first kappa shape index (κ1) is 10.9. The van der Waals surface area contributed by atoms with Gasteiger partial charge in [0.1, 0.15) is 0 Å². The molecule has 0 radical (unpaired) electrons. The van der Waals surface area contributed by atoms with E-state index in [1.54, 1.807) is 11.3 Å². The smallest absolute Gasteiger partial charge is 0.185 e. The summed E-state index contributed by atoms with van der Waals surface area (Å²) in [6.45, 7) is 3.42. The van der Waals surface area contributed by atoms with Crippen molar-refractivity contribution in [1.82, 2.24) is 4.98 Å². The fourth-order valence-electron chi connectivity index (χ4n) is 2.03. The number of hydrogen-bond acceptors (Lipinski definition) is 4. The number of hydrogen-bond donors (Lipinski definition) is 1. The molecule has 1 aliphatic rings. The average Bonchev–Trinajstić information content (AvgIpc) is 2.77. The van der Waals surface area contributed by atoms with Crippen LogP contribution in [0.25, 0.3) is 0 Å². The molecule has 2 heterocycles. The van der Waals surface area contributed by atoms with Gasteiger partial charge in [-0.25, -0.2) is 4.98 Å². The fraction of sp³-hybridized carbons (Fsp3) is 0.727. The van der Waals surface area contributed by atoms with Crippen LogP contribution in [0.15, 0.2) is 5.38 Å². The molecule has 1 aliphatic heterocycles. The van der Waals surface area contributed by atoms with Gasteiger partial charge in [-0.3, -0.25) is 0 Å². The Morgan fingerprint density at radius 2 is 2.47 bits per heavy atom. The molecule has 0 aliphatic carbocycles. The van der Waals surface area contributed by atoms with Crippen molar-refractivity contribution in [3.8, 4) is 0 Å². The zero-order valence-corrected chi connectivity index (χ0v) is 9.96. The molecule has 0 amide bonds. The Labute approximate surface area is 94.8 Å². The third-order valence-corrected chi connectivity index (χ3v) is 3.91. The van der Waals surface area contributed by atoms with Gasteiger partial charge in [-0.2, -0.15) is 0 Å². The number of anilines is 1. The summed E-state index contributed by atoms with van der Waals surface area (Å²) in [5.74, 6) is 0. The van der Waals surface area contributed by atoms with Gasteiger partial charge in [0.2, 0.25) is 0 Å². The third kappa shape index (κ3) is 2.32. The van der Waals surface area contributed by atoms with Crippen molar-refractivity contribution in [2.45, 2.75) is 38.6 Å². The molecule has 2 rings (SSSR count). The van der Waals surface area contributed by atoms with E-state index in [1.165, 1.54) is 12.8 Å². The van der Waals surface area contributed by atoms with Crippen molar-refractivity contribution in [2.24, 2.45) is 0 Å². The van der Waals surface area contributed by atoms with Crippen LogP contribution in [-0.4, -0.2) is 29.3 Å². The number of aliphatic hydroxyl groups is 1. The van der Waals surface area contributed by atoms with Crippen molar-refractivity contribution in [3.05, 3.63) is 11.1 Å². The van der Waals surface area contributed by atoms with Crippen LogP contribution in [0.2, 0.25) is 0 Å². The molecule has 1 N–H and O–H groups in total. The molecule has 1 aromatic rings. The Bertz CT molecular complexity index is 313. The summed E-state index contributed by atoms with van der Waals surface area (Å²) in [4.78, 5) is 6.86. The van der Waals surface area contributed by atoms with Gasteiger partial charge < -0.3 is 10.0 Å². The molecule has 0 saturated carbocycles. The zero-order chi connectivity index (χ0) is 10.7. The van der Waals surface area contributed by atoms with Crippen molar-refractivity contribution in [2.75, 3.05) is 18.1 Å². The van der Waals surface area contributed by atoms with E-state index in [9.17, 15) is 5.11 Å². The van der Waals surface area contributed by atoms with E-state index in [2.05, 4.69) is 22.2 Å². The Morgan fingerprint density at radius 1 is 1.60 bits per heavy atom. The second-order valence-electron chi connectivity index (χ2n) is 4.00. The summed E-state index contributed by atoms with van der Waals surface area (Å²) in [6, 6.07) is 0.287.